The molecule has 0 rings (SSSR count). The molecule has 0 unspecified atom stereocenters. The Kier molecular flexibility index (Phi) is 8.89. The zero-order chi connectivity index (χ0) is 8.53. The van der Waals surface area contributed by atoms with Gasteiger partial charge in [0.1, 0.15) is 0 Å². The number of unbranched alkanes of at least 4 members (excludes halogenated alkanes) is 1. The van der Waals surface area contributed by atoms with Gasteiger partial charge in [0.2, 0.25) is 9.53 Å². The number of hydrogen-bond acceptors (Lipinski definition) is 4. The molecule has 0 aliphatic carbocycles. The lowest BCUT2D eigenvalue weighted by molar-refractivity contribution is 0.134. The largest absolute Gasteiger partial charge is 0.544 e. The fourth-order valence-corrected chi connectivity index (χ4v) is 1.51. The molecule has 0 N–H and O–H groups in total. The third kappa shape index (κ3) is 6.83. The van der Waals surface area contributed by atoms with E-state index in [0.717, 1.165) is 18.6 Å². The molecule has 0 heterocycles. The standard InChI is InChI=1S/C6H15O3SSi/c1-7-11(8-2)9-5-3-4-6-10/h10H,3-6H2,1-2H3/q-1. The Labute approximate surface area is 75.4 Å². The quantitative estimate of drug-likeness (QED) is 0.373. The van der Waals surface area contributed by atoms with Gasteiger partial charge in [-0.2, -0.15) is 12.6 Å². The molecule has 5 heteroatoms. The molecule has 0 saturated carbocycles. The third-order valence-electron chi connectivity index (χ3n) is 1.11. The second-order valence-electron chi connectivity index (χ2n) is 1.94. The molecular weight excluding hydrogens is 180 g/mol. The van der Waals surface area contributed by atoms with Gasteiger partial charge in [-0.25, -0.2) is 0 Å². The second-order valence-corrected chi connectivity index (χ2v) is 3.99. The van der Waals surface area contributed by atoms with Crippen LogP contribution >= 0.6 is 12.6 Å². The Morgan fingerprint density at radius 2 is 1.82 bits per heavy atom. The fraction of sp³-hybridized carbons (Fsp3) is 1.00. The predicted octanol–water partition coefficient (Wildman–Crippen LogP) is 0.991. The van der Waals surface area contributed by atoms with E-state index in [1.807, 2.05) is 0 Å². The highest BCUT2D eigenvalue weighted by atomic mass is 32.1. The van der Waals surface area contributed by atoms with Gasteiger partial charge in [-0.05, 0) is 32.8 Å². The average molecular weight is 195 g/mol. The van der Waals surface area contributed by atoms with E-state index >= 15 is 0 Å². The number of thiol groups is 1. The van der Waals surface area contributed by atoms with E-state index in [1.54, 1.807) is 14.2 Å². The Hall–Kier alpha value is 0.447. The molecule has 0 saturated heterocycles. The minimum atomic E-state index is -1.43. The van der Waals surface area contributed by atoms with E-state index in [4.69, 9.17) is 13.3 Å². The van der Waals surface area contributed by atoms with Crippen LogP contribution in [-0.4, -0.2) is 36.1 Å². The molecule has 0 aliphatic rings. The third-order valence-corrected chi connectivity index (χ3v) is 2.53. The van der Waals surface area contributed by atoms with E-state index in [9.17, 15) is 0 Å². The zero-order valence-corrected chi connectivity index (χ0v) is 8.89. The maximum absolute atomic E-state index is 5.27. The smallest absolute Gasteiger partial charge is 0.214 e. The molecule has 3 nitrogen and oxygen atoms in total. The highest BCUT2D eigenvalue weighted by Gasteiger charge is 1.92. The van der Waals surface area contributed by atoms with Gasteiger partial charge in [0, 0.05) is 6.61 Å². The summed E-state index contributed by atoms with van der Waals surface area (Å²) in [7, 11) is 1.76. The number of rotatable bonds is 7. The molecule has 0 atom stereocenters. The van der Waals surface area contributed by atoms with Crippen LogP contribution in [0.15, 0.2) is 0 Å². The zero-order valence-electron chi connectivity index (χ0n) is 7.00. The summed E-state index contributed by atoms with van der Waals surface area (Å²) in [5.74, 6) is 0.908. The minimum absolute atomic E-state index is 0.705. The van der Waals surface area contributed by atoms with Crippen LogP contribution in [0, 0.1) is 0 Å². The lowest BCUT2D eigenvalue weighted by atomic mass is 10.4. The molecule has 0 aromatic rings. The van der Waals surface area contributed by atoms with Crippen molar-refractivity contribution >= 4 is 22.2 Å². The van der Waals surface area contributed by atoms with Gasteiger partial charge in [-0.1, -0.05) is 0 Å². The summed E-state index contributed by atoms with van der Waals surface area (Å²) in [6.07, 6.45) is 2.09. The van der Waals surface area contributed by atoms with Crippen molar-refractivity contribution in [3.05, 3.63) is 0 Å². The molecule has 0 radical (unpaired) electrons. The first-order valence-corrected chi connectivity index (χ1v) is 5.39. The van der Waals surface area contributed by atoms with Crippen LogP contribution in [0.3, 0.4) is 0 Å². The summed E-state index contributed by atoms with van der Waals surface area (Å²) < 4.78 is 15.1. The summed E-state index contributed by atoms with van der Waals surface area (Å²) in [5.41, 5.74) is 0. The lowest BCUT2D eigenvalue weighted by Gasteiger charge is -2.26. The van der Waals surface area contributed by atoms with Gasteiger partial charge < -0.3 is 13.3 Å². The monoisotopic (exact) mass is 195 g/mol. The lowest BCUT2D eigenvalue weighted by Crippen LogP contribution is -2.24. The first kappa shape index (κ1) is 11.4. The van der Waals surface area contributed by atoms with E-state index in [2.05, 4.69) is 12.6 Å². The first-order chi connectivity index (χ1) is 5.35. The van der Waals surface area contributed by atoms with E-state index < -0.39 is 9.53 Å². The van der Waals surface area contributed by atoms with Crippen LogP contribution in [-0.2, 0) is 13.3 Å². The molecule has 0 aromatic heterocycles. The van der Waals surface area contributed by atoms with Crippen molar-refractivity contribution < 1.29 is 13.3 Å². The topological polar surface area (TPSA) is 27.7 Å². The first-order valence-electron chi connectivity index (χ1n) is 3.53. The van der Waals surface area contributed by atoms with Gasteiger partial charge in [0.15, 0.2) is 0 Å². The van der Waals surface area contributed by atoms with Gasteiger partial charge in [-0.3, -0.25) is 0 Å². The summed E-state index contributed by atoms with van der Waals surface area (Å²) in [6, 6.07) is 0. The van der Waals surface area contributed by atoms with Crippen molar-refractivity contribution in [1.82, 2.24) is 0 Å². The Morgan fingerprint density at radius 1 is 1.18 bits per heavy atom. The van der Waals surface area contributed by atoms with Crippen LogP contribution in [0.25, 0.3) is 0 Å². The minimum Gasteiger partial charge on any atom is -0.544 e. The molecule has 68 valence electrons. The Morgan fingerprint density at radius 3 is 2.27 bits per heavy atom. The van der Waals surface area contributed by atoms with Crippen molar-refractivity contribution in [3.63, 3.8) is 0 Å². The highest BCUT2D eigenvalue weighted by Crippen LogP contribution is 1.95. The van der Waals surface area contributed by atoms with Crippen LogP contribution in [0.1, 0.15) is 12.8 Å². The van der Waals surface area contributed by atoms with E-state index in [0.29, 0.717) is 6.61 Å². The van der Waals surface area contributed by atoms with Crippen molar-refractivity contribution in [1.29, 1.82) is 0 Å². The second kappa shape index (κ2) is 8.54. The molecule has 0 aliphatic heterocycles. The van der Waals surface area contributed by atoms with Gasteiger partial charge in [-0.15, -0.1) is 0 Å². The number of hydrogen-bond donors (Lipinski definition) is 1. The van der Waals surface area contributed by atoms with Crippen LogP contribution in [0.5, 0.6) is 0 Å². The summed E-state index contributed by atoms with van der Waals surface area (Å²) in [6.45, 7) is 0.705. The van der Waals surface area contributed by atoms with Crippen LogP contribution in [0.4, 0.5) is 0 Å². The molecule has 0 spiro atoms. The molecule has 0 bridgehead atoms. The SMILES string of the molecule is CO[Si-](OC)OCCCCS. The molecule has 0 amide bonds. The van der Waals surface area contributed by atoms with Crippen LogP contribution in [0.2, 0.25) is 0 Å². The van der Waals surface area contributed by atoms with Crippen molar-refractivity contribution in [3.8, 4) is 0 Å². The summed E-state index contributed by atoms with van der Waals surface area (Å²) in [5, 5.41) is 0. The van der Waals surface area contributed by atoms with Crippen molar-refractivity contribution in [2.75, 3.05) is 26.6 Å². The van der Waals surface area contributed by atoms with E-state index in [1.165, 1.54) is 0 Å². The maximum Gasteiger partial charge on any atom is 0.214 e. The van der Waals surface area contributed by atoms with Crippen molar-refractivity contribution in [2.45, 2.75) is 12.8 Å². The van der Waals surface area contributed by atoms with Gasteiger partial charge in [0.05, 0.1) is 0 Å². The van der Waals surface area contributed by atoms with Crippen molar-refractivity contribution in [2.24, 2.45) is 0 Å². The normalized spacial score (nSPS) is 10.9. The van der Waals surface area contributed by atoms with Crippen LogP contribution < -0.4 is 0 Å². The molecule has 0 fully saturated rings. The molecular formula is C6H15O3SSi-. The maximum atomic E-state index is 5.27. The molecule has 0 aromatic carbocycles. The highest BCUT2D eigenvalue weighted by molar-refractivity contribution is 7.80. The fourth-order valence-electron chi connectivity index (χ4n) is 0.571. The van der Waals surface area contributed by atoms with Gasteiger partial charge in [0.25, 0.3) is 0 Å². The Bertz CT molecular complexity index is 80.2. The predicted molar refractivity (Wildman–Crippen MR) is 48.8 cm³/mol. The van der Waals surface area contributed by atoms with Gasteiger partial charge >= 0.3 is 0 Å². The summed E-state index contributed by atoms with van der Waals surface area (Å²) >= 11 is 4.08. The summed E-state index contributed by atoms with van der Waals surface area (Å²) in [4.78, 5) is 0. The Balaban J connectivity index is 3.07. The average Bonchev–Trinajstić information content (AvgIpc) is 2.05. The van der Waals surface area contributed by atoms with E-state index in [-0.39, 0.29) is 0 Å². The molecule has 11 heavy (non-hydrogen) atoms.